The number of hydrogen-bond donors (Lipinski definition) is 0. The highest BCUT2D eigenvalue weighted by Gasteiger charge is 2.39. The van der Waals surface area contributed by atoms with Crippen molar-refractivity contribution in [2.24, 2.45) is 0 Å². The average Bonchev–Trinajstić information content (AvgIpc) is 3.58. The number of fused-ring (bicyclic) bond motifs is 1. The van der Waals surface area contributed by atoms with Crippen LogP contribution in [0.15, 0.2) is 71.6 Å². The molecule has 3 fully saturated rings. The molecule has 1 amide bonds. The molecule has 0 spiro atoms. The van der Waals surface area contributed by atoms with Crippen molar-refractivity contribution < 1.29 is 22.3 Å². The smallest absolute Gasteiger partial charge is 0.243 e. The maximum absolute atomic E-state index is 14.2. The van der Waals surface area contributed by atoms with Gasteiger partial charge in [0, 0.05) is 38.6 Å². The maximum Gasteiger partial charge on any atom is 0.243 e. The molecule has 3 aromatic rings. The molecule has 9 heteroatoms. The van der Waals surface area contributed by atoms with E-state index in [2.05, 4.69) is 4.90 Å². The Labute approximate surface area is 267 Å². The standard InChI is InChI=1S/C36H46FN3O4S/c37-32-12-7-11-31(28-32)36(44-26-25-38-20-5-6-21-38)18-23-39(24-19-36)35(41)15-8-14-33-13-3-4-22-40(33)45(42,43)34-17-16-29-9-1-2-10-30(29)27-34/h1-2,7,9-12,16-17,27-28,33H,3-6,8,13-15,18-26H2. The van der Waals surface area contributed by atoms with E-state index >= 15 is 0 Å². The third-order valence-electron chi connectivity index (χ3n) is 10.1. The Bertz CT molecular complexity index is 1570. The Morgan fingerprint density at radius 1 is 0.867 bits per heavy atom. The summed E-state index contributed by atoms with van der Waals surface area (Å²) < 4.78 is 50.0. The summed E-state index contributed by atoms with van der Waals surface area (Å²) in [4.78, 5) is 18.0. The number of amides is 1. The Morgan fingerprint density at radius 2 is 1.62 bits per heavy atom. The molecular formula is C36H46FN3O4S. The predicted molar refractivity (Wildman–Crippen MR) is 175 cm³/mol. The second-order valence-electron chi connectivity index (χ2n) is 12.9. The lowest BCUT2D eigenvalue weighted by molar-refractivity contribution is -0.140. The molecule has 0 radical (unpaired) electrons. The number of likely N-dealkylation sites (tertiary alicyclic amines) is 2. The van der Waals surface area contributed by atoms with Crippen LogP contribution in [0.3, 0.4) is 0 Å². The molecule has 0 aliphatic carbocycles. The fourth-order valence-corrected chi connectivity index (χ4v) is 9.23. The molecule has 242 valence electrons. The number of hydrogen-bond acceptors (Lipinski definition) is 5. The topological polar surface area (TPSA) is 70.2 Å². The van der Waals surface area contributed by atoms with Gasteiger partial charge in [-0.2, -0.15) is 4.31 Å². The Hall–Kier alpha value is -2.85. The van der Waals surface area contributed by atoms with Gasteiger partial charge in [-0.25, -0.2) is 12.8 Å². The first-order chi connectivity index (χ1) is 21.8. The van der Waals surface area contributed by atoms with Gasteiger partial charge in [-0.05, 0) is 105 Å². The van der Waals surface area contributed by atoms with E-state index in [1.165, 1.54) is 18.9 Å². The highest BCUT2D eigenvalue weighted by Crippen LogP contribution is 2.38. The molecule has 0 N–H and O–H groups in total. The number of sulfonamides is 1. The molecule has 3 aliphatic rings. The van der Waals surface area contributed by atoms with E-state index in [1.807, 2.05) is 41.3 Å². The Morgan fingerprint density at radius 3 is 2.40 bits per heavy atom. The van der Waals surface area contributed by atoms with E-state index in [4.69, 9.17) is 4.74 Å². The number of carbonyl (C=O) groups excluding carboxylic acids is 1. The van der Waals surface area contributed by atoms with Crippen molar-refractivity contribution in [3.63, 3.8) is 0 Å². The number of piperidine rings is 2. The number of ether oxygens (including phenoxy) is 1. The van der Waals surface area contributed by atoms with Crippen LogP contribution in [0.5, 0.6) is 0 Å². The minimum absolute atomic E-state index is 0.0969. The number of carbonyl (C=O) groups is 1. The summed E-state index contributed by atoms with van der Waals surface area (Å²) in [7, 11) is -3.64. The molecule has 0 saturated carbocycles. The molecule has 1 unspecified atom stereocenters. The molecule has 3 saturated heterocycles. The van der Waals surface area contributed by atoms with Crippen LogP contribution in [-0.4, -0.2) is 80.3 Å². The zero-order valence-electron chi connectivity index (χ0n) is 26.2. The van der Waals surface area contributed by atoms with Crippen molar-refractivity contribution in [1.29, 1.82) is 0 Å². The van der Waals surface area contributed by atoms with Crippen LogP contribution >= 0.6 is 0 Å². The third-order valence-corrected chi connectivity index (χ3v) is 12.0. The van der Waals surface area contributed by atoms with Gasteiger partial charge in [0.05, 0.1) is 17.1 Å². The number of benzene rings is 3. The highest BCUT2D eigenvalue weighted by atomic mass is 32.2. The summed E-state index contributed by atoms with van der Waals surface area (Å²) in [6.07, 6.45) is 8.07. The van der Waals surface area contributed by atoms with Gasteiger partial charge in [-0.15, -0.1) is 0 Å². The van der Waals surface area contributed by atoms with Gasteiger partial charge < -0.3 is 14.5 Å². The molecule has 6 rings (SSSR count). The predicted octanol–water partition coefficient (Wildman–Crippen LogP) is 6.32. The van der Waals surface area contributed by atoms with Crippen molar-refractivity contribution in [1.82, 2.24) is 14.1 Å². The first-order valence-electron chi connectivity index (χ1n) is 16.7. The van der Waals surface area contributed by atoms with Crippen LogP contribution < -0.4 is 0 Å². The van der Waals surface area contributed by atoms with E-state index in [0.29, 0.717) is 63.2 Å². The van der Waals surface area contributed by atoms with E-state index in [-0.39, 0.29) is 17.8 Å². The monoisotopic (exact) mass is 635 g/mol. The van der Waals surface area contributed by atoms with E-state index in [1.54, 1.807) is 28.6 Å². The van der Waals surface area contributed by atoms with Crippen molar-refractivity contribution in [2.45, 2.75) is 80.7 Å². The zero-order valence-corrected chi connectivity index (χ0v) is 27.0. The lowest BCUT2D eigenvalue weighted by Gasteiger charge is -2.42. The van der Waals surface area contributed by atoms with Crippen LogP contribution in [0, 0.1) is 5.82 Å². The summed E-state index contributed by atoms with van der Waals surface area (Å²) in [6.45, 7) is 5.30. The van der Waals surface area contributed by atoms with E-state index < -0.39 is 15.6 Å². The van der Waals surface area contributed by atoms with Crippen molar-refractivity contribution in [3.8, 4) is 0 Å². The second kappa shape index (κ2) is 14.3. The summed E-state index contributed by atoms with van der Waals surface area (Å²) in [5, 5.41) is 1.93. The van der Waals surface area contributed by atoms with Crippen LogP contribution in [0.4, 0.5) is 4.39 Å². The largest absolute Gasteiger partial charge is 0.369 e. The Kier molecular flexibility index (Phi) is 10.2. The van der Waals surface area contributed by atoms with Gasteiger partial charge in [0.25, 0.3) is 0 Å². The first-order valence-corrected chi connectivity index (χ1v) is 18.2. The fraction of sp³-hybridized carbons (Fsp3) is 0.528. The van der Waals surface area contributed by atoms with E-state index in [0.717, 1.165) is 55.2 Å². The molecule has 7 nitrogen and oxygen atoms in total. The SMILES string of the molecule is O=C(CCCC1CCCCN1S(=O)(=O)c1ccc2ccccc2c1)N1CCC(OCCN2CCCC2)(c2cccc(F)c2)CC1. The molecule has 0 bridgehead atoms. The van der Waals surface area contributed by atoms with Gasteiger partial charge in [0.2, 0.25) is 15.9 Å². The molecule has 3 aromatic carbocycles. The van der Waals surface area contributed by atoms with Crippen molar-refractivity contribution in [3.05, 3.63) is 78.1 Å². The first kappa shape index (κ1) is 32.1. The molecule has 3 aliphatic heterocycles. The maximum atomic E-state index is 14.2. The summed E-state index contributed by atoms with van der Waals surface area (Å²) >= 11 is 0. The number of nitrogens with zero attached hydrogens (tertiary/aromatic N) is 3. The number of halogens is 1. The minimum atomic E-state index is -3.64. The van der Waals surface area contributed by atoms with Gasteiger partial charge in [-0.3, -0.25) is 4.79 Å². The second-order valence-corrected chi connectivity index (χ2v) is 14.8. The average molecular weight is 636 g/mol. The van der Waals surface area contributed by atoms with Crippen LogP contribution in [0.1, 0.15) is 69.8 Å². The molecule has 45 heavy (non-hydrogen) atoms. The van der Waals surface area contributed by atoms with E-state index in [9.17, 15) is 17.6 Å². The zero-order chi connectivity index (χ0) is 31.3. The lowest BCUT2D eigenvalue weighted by Crippen LogP contribution is -2.47. The Balaban J connectivity index is 1.04. The van der Waals surface area contributed by atoms with Gasteiger partial charge in [-0.1, -0.05) is 48.9 Å². The van der Waals surface area contributed by atoms with Crippen molar-refractivity contribution >= 4 is 26.7 Å². The minimum Gasteiger partial charge on any atom is -0.369 e. The quantitative estimate of drug-likeness (QED) is 0.247. The van der Waals surface area contributed by atoms with Crippen LogP contribution in [0.2, 0.25) is 0 Å². The van der Waals surface area contributed by atoms with Gasteiger partial charge in [0.1, 0.15) is 5.82 Å². The summed E-state index contributed by atoms with van der Waals surface area (Å²) in [6, 6.07) is 19.8. The molecule has 0 aromatic heterocycles. The van der Waals surface area contributed by atoms with Crippen molar-refractivity contribution in [2.75, 3.05) is 45.9 Å². The van der Waals surface area contributed by atoms with Gasteiger partial charge in [0.15, 0.2) is 0 Å². The lowest BCUT2D eigenvalue weighted by atomic mass is 9.83. The van der Waals surface area contributed by atoms with Crippen LogP contribution in [0.25, 0.3) is 10.8 Å². The molecular weight excluding hydrogens is 589 g/mol. The highest BCUT2D eigenvalue weighted by molar-refractivity contribution is 7.89. The fourth-order valence-electron chi connectivity index (χ4n) is 7.47. The summed E-state index contributed by atoms with van der Waals surface area (Å²) in [5.41, 5.74) is 0.249. The molecule has 3 heterocycles. The summed E-state index contributed by atoms with van der Waals surface area (Å²) in [5.74, 6) is -0.174. The third kappa shape index (κ3) is 7.43. The number of rotatable bonds is 11. The molecule has 1 atom stereocenters. The van der Waals surface area contributed by atoms with Gasteiger partial charge >= 0.3 is 0 Å². The normalized spacial score (nSPS) is 21.4. The van der Waals surface area contributed by atoms with Crippen LogP contribution in [-0.2, 0) is 25.2 Å².